The Labute approximate surface area is 159 Å². The van der Waals surface area contributed by atoms with Gasteiger partial charge in [-0.2, -0.15) is 17.4 Å². The number of hydrogen-bond donors (Lipinski definition) is 2. The molecule has 1 fully saturated rings. The van der Waals surface area contributed by atoms with Crippen LogP contribution < -0.4 is 4.72 Å². The minimum Gasteiger partial charge on any atom is -0.481 e. The topological polar surface area (TPSA) is 113 Å². The highest BCUT2D eigenvalue weighted by Crippen LogP contribution is 2.22. The lowest BCUT2D eigenvalue weighted by atomic mass is 10.0. The fraction of sp³-hybridized carbons (Fsp3) is 0.556. The summed E-state index contributed by atoms with van der Waals surface area (Å²) in [6.45, 7) is 2.09. The molecule has 2 unspecified atom stereocenters. The smallest absolute Gasteiger partial charge is 0.324 e. The van der Waals surface area contributed by atoms with Gasteiger partial charge in [0.2, 0.25) is 0 Å². The van der Waals surface area contributed by atoms with Crippen molar-refractivity contribution in [2.24, 2.45) is 0 Å². The number of aliphatic carboxylic acids is 1. The first kappa shape index (κ1) is 21.3. The standard InChI is InChI=1S/C18H26N2O6S/c1-2-26-18(23)16-9-6-12-20(16)27(24,25)19-15(10-11-17(21)22)13-14-7-4-3-5-8-14/h3-5,7-8,15-16,19H,2,6,9-13H2,1H3,(H,21,22). The van der Waals surface area contributed by atoms with Crippen molar-refractivity contribution < 1.29 is 27.9 Å². The molecule has 1 heterocycles. The second-order valence-corrected chi connectivity index (χ2v) is 8.12. The van der Waals surface area contributed by atoms with Gasteiger partial charge in [-0.1, -0.05) is 30.3 Å². The van der Waals surface area contributed by atoms with E-state index in [0.717, 1.165) is 9.87 Å². The molecule has 1 aliphatic rings. The molecule has 27 heavy (non-hydrogen) atoms. The van der Waals surface area contributed by atoms with Crippen LogP contribution in [0.4, 0.5) is 0 Å². The van der Waals surface area contributed by atoms with Gasteiger partial charge in [0.05, 0.1) is 6.61 Å². The molecule has 0 spiro atoms. The molecule has 0 radical (unpaired) electrons. The highest BCUT2D eigenvalue weighted by atomic mass is 32.2. The van der Waals surface area contributed by atoms with E-state index in [1.165, 1.54) is 0 Å². The summed E-state index contributed by atoms with van der Waals surface area (Å²) in [6.07, 6.45) is 1.36. The number of carboxylic acid groups (broad SMARTS) is 1. The summed E-state index contributed by atoms with van der Waals surface area (Å²) in [5.41, 5.74) is 0.902. The quantitative estimate of drug-likeness (QED) is 0.575. The number of ether oxygens (including phenoxy) is 1. The summed E-state index contributed by atoms with van der Waals surface area (Å²) < 4.78 is 34.4. The number of carbonyl (C=O) groups excluding carboxylic acids is 1. The monoisotopic (exact) mass is 398 g/mol. The number of hydrogen-bond acceptors (Lipinski definition) is 5. The number of carbonyl (C=O) groups is 2. The van der Waals surface area contributed by atoms with E-state index in [4.69, 9.17) is 9.84 Å². The van der Waals surface area contributed by atoms with E-state index >= 15 is 0 Å². The molecule has 1 aromatic rings. The van der Waals surface area contributed by atoms with Crippen LogP contribution in [0.2, 0.25) is 0 Å². The maximum absolute atomic E-state index is 12.9. The predicted molar refractivity (Wildman–Crippen MR) is 99.2 cm³/mol. The van der Waals surface area contributed by atoms with Gasteiger partial charge >= 0.3 is 11.9 Å². The summed E-state index contributed by atoms with van der Waals surface area (Å²) in [7, 11) is -3.95. The molecule has 0 aromatic heterocycles. The summed E-state index contributed by atoms with van der Waals surface area (Å²) in [4.78, 5) is 23.0. The summed E-state index contributed by atoms with van der Waals surface area (Å²) in [6, 6.07) is 7.84. The molecule has 2 N–H and O–H groups in total. The zero-order valence-electron chi connectivity index (χ0n) is 15.3. The van der Waals surface area contributed by atoms with Crippen molar-refractivity contribution in [3.8, 4) is 0 Å². The van der Waals surface area contributed by atoms with Crippen LogP contribution in [-0.4, -0.2) is 55.0 Å². The molecular weight excluding hydrogens is 372 g/mol. The van der Waals surface area contributed by atoms with E-state index in [1.807, 2.05) is 30.3 Å². The third-order valence-electron chi connectivity index (χ3n) is 4.42. The Morgan fingerprint density at radius 2 is 2.04 bits per heavy atom. The maximum atomic E-state index is 12.9. The maximum Gasteiger partial charge on any atom is 0.324 e. The van der Waals surface area contributed by atoms with Gasteiger partial charge in [-0.05, 0) is 38.2 Å². The van der Waals surface area contributed by atoms with Crippen LogP contribution in [0.5, 0.6) is 0 Å². The van der Waals surface area contributed by atoms with E-state index in [-0.39, 0.29) is 26.0 Å². The minimum atomic E-state index is -3.95. The van der Waals surface area contributed by atoms with Crippen LogP contribution in [0.3, 0.4) is 0 Å². The summed E-state index contributed by atoms with van der Waals surface area (Å²) in [5.74, 6) is -1.54. The lowest BCUT2D eigenvalue weighted by Crippen LogP contribution is -2.50. The molecule has 1 saturated heterocycles. The molecule has 1 aromatic carbocycles. The molecule has 2 rings (SSSR count). The Bertz CT molecular complexity index is 737. The van der Waals surface area contributed by atoms with Crippen LogP contribution in [0.1, 0.15) is 38.2 Å². The van der Waals surface area contributed by atoms with E-state index in [2.05, 4.69) is 4.72 Å². The minimum absolute atomic E-state index is 0.151. The van der Waals surface area contributed by atoms with Crippen LogP contribution in [0.25, 0.3) is 0 Å². The first-order chi connectivity index (χ1) is 12.8. The number of nitrogens with one attached hydrogen (secondary N) is 1. The molecule has 0 aliphatic carbocycles. The number of benzene rings is 1. The molecule has 9 heteroatoms. The average molecular weight is 398 g/mol. The number of carboxylic acids is 1. The van der Waals surface area contributed by atoms with Crippen molar-refractivity contribution in [1.82, 2.24) is 9.03 Å². The van der Waals surface area contributed by atoms with Gasteiger partial charge in [0.25, 0.3) is 10.2 Å². The predicted octanol–water partition coefficient (Wildman–Crippen LogP) is 1.32. The highest BCUT2D eigenvalue weighted by Gasteiger charge is 2.40. The van der Waals surface area contributed by atoms with E-state index < -0.39 is 34.2 Å². The van der Waals surface area contributed by atoms with Gasteiger partial charge in [-0.3, -0.25) is 9.59 Å². The fourth-order valence-electron chi connectivity index (χ4n) is 3.18. The molecular formula is C18H26N2O6S. The van der Waals surface area contributed by atoms with E-state index in [1.54, 1.807) is 6.92 Å². The van der Waals surface area contributed by atoms with Gasteiger partial charge in [0, 0.05) is 19.0 Å². The van der Waals surface area contributed by atoms with Crippen molar-refractivity contribution >= 4 is 22.1 Å². The highest BCUT2D eigenvalue weighted by molar-refractivity contribution is 7.87. The molecule has 0 saturated carbocycles. The Kier molecular flexibility index (Phi) is 7.76. The Hall–Kier alpha value is -1.97. The van der Waals surface area contributed by atoms with Gasteiger partial charge in [-0.25, -0.2) is 0 Å². The zero-order valence-corrected chi connectivity index (χ0v) is 16.2. The van der Waals surface area contributed by atoms with Crippen LogP contribution in [0.15, 0.2) is 30.3 Å². The normalized spacial score (nSPS) is 18.9. The Morgan fingerprint density at radius 3 is 2.67 bits per heavy atom. The molecule has 0 amide bonds. The van der Waals surface area contributed by atoms with Gasteiger partial charge in [-0.15, -0.1) is 0 Å². The van der Waals surface area contributed by atoms with E-state index in [9.17, 15) is 18.0 Å². The number of rotatable bonds is 10. The zero-order chi connectivity index (χ0) is 19.9. The first-order valence-corrected chi connectivity index (χ1v) is 10.5. The molecule has 2 atom stereocenters. The first-order valence-electron chi connectivity index (χ1n) is 9.05. The second-order valence-electron chi connectivity index (χ2n) is 6.46. The SMILES string of the molecule is CCOC(=O)C1CCCN1S(=O)(=O)NC(CCC(=O)O)Cc1ccccc1. The van der Waals surface area contributed by atoms with Gasteiger partial charge in [0.15, 0.2) is 0 Å². The van der Waals surface area contributed by atoms with Gasteiger partial charge < -0.3 is 9.84 Å². The average Bonchev–Trinajstić information content (AvgIpc) is 3.11. The lowest BCUT2D eigenvalue weighted by Gasteiger charge is -2.26. The van der Waals surface area contributed by atoms with Crippen LogP contribution >= 0.6 is 0 Å². The molecule has 8 nitrogen and oxygen atoms in total. The number of nitrogens with zero attached hydrogens (tertiary/aromatic N) is 1. The third-order valence-corrected chi connectivity index (χ3v) is 6.10. The molecule has 1 aliphatic heterocycles. The fourth-order valence-corrected chi connectivity index (χ4v) is 4.83. The van der Waals surface area contributed by atoms with E-state index in [0.29, 0.717) is 19.3 Å². The van der Waals surface area contributed by atoms with Crippen molar-refractivity contribution in [2.45, 2.75) is 51.1 Å². The molecule has 150 valence electrons. The van der Waals surface area contributed by atoms with Crippen LogP contribution in [-0.2, 0) is 31.0 Å². The van der Waals surface area contributed by atoms with Crippen molar-refractivity contribution in [3.63, 3.8) is 0 Å². The molecule has 0 bridgehead atoms. The van der Waals surface area contributed by atoms with Crippen molar-refractivity contribution in [3.05, 3.63) is 35.9 Å². The Balaban J connectivity index is 2.13. The van der Waals surface area contributed by atoms with Crippen molar-refractivity contribution in [2.75, 3.05) is 13.2 Å². The summed E-state index contributed by atoms with van der Waals surface area (Å²) in [5, 5.41) is 8.96. The van der Waals surface area contributed by atoms with Gasteiger partial charge in [0.1, 0.15) is 6.04 Å². The largest absolute Gasteiger partial charge is 0.481 e. The summed E-state index contributed by atoms with van der Waals surface area (Å²) >= 11 is 0. The van der Waals surface area contributed by atoms with Crippen molar-refractivity contribution in [1.29, 1.82) is 0 Å². The third kappa shape index (κ3) is 6.30. The lowest BCUT2D eigenvalue weighted by molar-refractivity contribution is -0.147. The Morgan fingerprint density at radius 1 is 1.33 bits per heavy atom. The second kappa shape index (κ2) is 9.82. The van der Waals surface area contributed by atoms with Crippen LogP contribution in [0, 0.1) is 0 Å². The number of esters is 1.